The first-order valence-corrected chi connectivity index (χ1v) is 8.37. The maximum atomic E-state index is 13.2. The molecule has 1 amide bonds. The Kier molecular flexibility index (Phi) is 7.37. The number of methoxy groups -OCH3 is 1. The van der Waals surface area contributed by atoms with Gasteiger partial charge in [-0.05, 0) is 35.4 Å². The lowest BCUT2D eigenvalue weighted by Gasteiger charge is -2.23. The number of carbonyl (C=O) groups is 1. The summed E-state index contributed by atoms with van der Waals surface area (Å²) in [4.78, 5) is 13.8. The number of carbonyl (C=O) groups excluding carboxylic acids is 1. The first kappa shape index (κ1) is 19.4. The molecule has 0 aliphatic rings. The molecule has 0 atom stereocenters. The smallest absolute Gasteiger partial charge is 0.251 e. The quantitative estimate of drug-likeness (QED) is 0.779. The van der Waals surface area contributed by atoms with Crippen molar-refractivity contribution in [2.45, 2.75) is 13.1 Å². The van der Waals surface area contributed by atoms with Gasteiger partial charge in [0.15, 0.2) is 0 Å². The van der Waals surface area contributed by atoms with Crippen LogP contribution in [0.1, 0.15) is 21.5 Å². The molecule has 0 fully saturated rings. The van der Waals surface area contributed by atoms with Crippen LogP contribution in [0.15, 0.2) is 42.5 Å². The Balaban J connectivity index is 2.10. The normalized spacial score (nSPS) is 10.9. The number of nitrogens with zero attached hydrogens (tertiary/aromatic N) is 1. The third-order valence-corrected chi connectivity index (χ3v) is 4.22. The standard InChI is InChI=1S/C19H22ClFN2O2/c1-22-19(24)15-5-3-14(4-6-15)12-23(9-10-25-2)13-16-7-8-17(21)11-18(16)20/h3-8,11H,9-10,12-13H2,1-2H3,(H,22,24). The molecular weight excluding hydrogens is 343 g/mol. The molecule has 0 saturated heterocycles. The molecule has 0 aliphatic carbocycles. The first-order valence-electron chi connectivity index (χ1n) is 7.99. The highest BCUT2D eigenvalue weighted by molar-refractivity contribution is 6.31. The van der Waals surface area contributed by atoms with Crippen LogP contribution < -0.4 is 5.32 Å². The van der Waals surface area contributed by atoms with E-state index >= 15 is 0 Å². The topological polar surface area (TPSA) is 41.6 Å². The summed E-state index contributed by atoms with van der Waals surface area (Å²) in [5, 5.41) is 3.02. The molecule has 0 aromatic heterocycles. The predicted molar refractivity (Wildman–Crippen MR) is 97.2 cm³/mol. The number of halogens is 2. The van der Waals surface area contributed by atoms with Gasteiger partial charge < -0.3 is 10.1 Å². The summed E-state index contributed by atoms with van der Waals surface area (Å²) >= 11 is 6.14. The van der Waals surface area contributed by atoms with E-state index in [0.717, 1.165) is 11.1 Å². The number of rotatable bonds is 8. The first-order chi connectivity index (χ1) is 12.0. The molecule has 2 rings (SSSR count). The van der Waals surface area contributed by atoms with Crippen LogP contribution in [0.25, 0.3) is 0 Å². The van der Waals surface area contributed by atoms with Gasteiger partial charge in [-0.25, -0.2) is 4.39 Å². The van der Waals surface area contributed by atoms with Gasteiger partial charge in [0.2, 0.25) is 0 Å². The molecule has 0 heterocycles. The zero-order chi connectivity index (χ0) is 18.2. The number of benzene rings is 2. The van der Waals surface area contributed by atoms with Gasteiger partial charge in [0.1, 0.15) is 5.82 Å². The van der Waals surface area contributed by atoms with Crippen molar-refractivity contribution in [2.24, 2.45) is 0 Å². The molecule has 0 unspecified atom stereocenters. The van der Waals surface area contributed by atoms with E-state index in [2.05, 4.69) is 10.2 Å². The van der Waals surface area contributed by atoms with E-state index in [0.29, 0.717) is 36.8 Å². The van der Waals surface area contributed by atoms with Crippen molar-refractivity contribution >= 4 is 17.5 Å². The Morgan fingerprint density at radius 3 is 2.52 bits per heavy atom. The van der Waals surface area contributed by atoms with Gasteiger partial charge in [0, 0.05) is 44.4 Å². The molecule has 6 heteroatoms. The lowest BCUT2D eigenvalue weighted by Crippen LogP contribution is -2.27. The van der Waals surface area contributed by atoms with Crippen molar-refractivity contribution < 1.29 is 13.9 Å². The van der Waals surface area contributed by atoms with Crippen molar-refractivity contribution in [3.63, 3.8) is 0 Å². The zero-order valence-corrected chi connectivity index (χ0v) is 15.1. The van der Waals surface area contributed by atoms with Crippen LogP contribution in [0, 0.1) is 5.82 Å². The van der Waals surface area contributed by atoms with Gasteiger partial charge in [-0.3, -0.25) is 9.69 Å². The summed E-state index contributed by atoms with van der Waals surface area (Å²) in [5.41, 5.74) is 2.56. The molecule has 0 bridgehead atoms. The summed E-state index contributed by atoms with van der Waals surface area (Å²) < 4.78 is 18.4. The van der Waals surface area contributed by atoms with Crippen LogP contribution in [-0.2, 0) is 17.8 Å². The van der Waals surface area contributed by atoms with Crippen molar-refractivity contribution in [2.75, 3.05) is 27.3 Å². The lowest BCUT2D eigenvalue weighted by molar-refractivity contribution is 0.0963. The van der Waals surface area contributed by atoms with E-state index in [1.807, 2.05) is 12.1 Å². The van der Waals surface area contributed by atoms with E-state index < -0.39 is 0 Å². The summed E-state index contributed by atoms with van der Waals surface area (Å²) in [6.45, 7) is 2.54. The molecule has 1 N–H and O–H groups in total. The molecule has 0 saturated carbocycles. The van der Waals surface area contributed by atoms with Crippen LogP contribution in [0.2, 0.25) is 5.02 Å². The number of hydrogen-bond acceptors (Lipinski definition) is 3. The summed E-state index contributed by atoms with van der Waals surface area (Å²) in [5.74, 6) is -0.456. The minimum absolute atomic E-state index is 0.110. The largest absolute Gasteiger partial charge is 0.383 e. The summed E-state index contributed by atoms with van der Waals surface area (Å²) in [6, 6.07) is 11.9. The van der Waals surface area contributed by atoms with E-state index in [4.69, 9.17) is 16.3 Å². The second kappa shape index (κ2) is 9.51. The maximum Gasteiger partial charge on any atom is 0.251 e. The molecule has 0 aliphatic heterocycles. The Morgan fingerprint density at radius 1 is 1.20 bits per heavy atom. The van der Waals surface area contributed by atoms with Gasteiger partial charge >= 0.3 is 0 Å². The van der Waals surface area contributed by atoms with Gasteiger partial charge in [0.05, 0.1) is 6.61 Å². The van der Waals surface area contributed by atoms with E-state index in [9.17, 15) is 9.18 Å². The Hall–Kier alpha value is -1.95. The SMILES string of the molecule is CNC(=O)c1ccc(CN(CCOC)Cc2ccc(F)cc2Cl)cc1. The fourth-order valence-electron chi connectivity index (χ4n) is 2.49. The molecule has 0 spiro atoms. The summed E-state index contributed by atoms with van der Waals surface area (Å²) in [7, 11) is 3.26. The average Bonchev–Trinajstić information content (AvgIpc) is 2.61. The molecule has 25 heavy (non-hydrogen) atoms. The number of amides is 1. The third kappa shape index (κ3) is 5.81. The van der Waals surface area contributed by atoms with Crippen LogP contribution in [0.5, 0.6) is 0 Å². The van der Waals surface area contributed by atoms with Crippen molar-refractivity contribution in [3.05, 3.63) is 70.0 Å². The van der Waals surface area contributed by atoms with Crippen LogP contribution in [-0.4, -0.2) is 38.1 Å². The summed E-state index contributed by atoms with van der Waals surface area (Å²) in [6.07, 6.45) is 0. The highest BCUT2D eigenvalue weighted by Crippen LogP contribution is 2.20. The maximum absolute atomic E-state index is 13.2. The Labute approximate surface area is 152 Å². The molecular formula is C19H22ClFN2O2. The zero-order valence-electron chi connectivity index (χ0n) is 14.4. The highest BCUT2D eigenvalue weighted by Gasteiger charge is 2.11. The number of hydrogen-bond donors (Lipinski definition) is 1. The van der Waals surface area contributed by atoms with E-state index in [1.165, 1.54) is 12.1 Å². The number of ether oxygens (including phenoxy) is 1. The van der Waals surface area contributed by atoms with E-state index in [-0.39, 0.29) is 11.7 Å². The Morgan fingerprint density at radius 2 is 1.92 bits per heavy atom. The lowest BCUT2D eigenvalue weighted by atomic mass is 10.1. The monoisotopic (exact) mass is 364 g/mol. The molecule has 4 nitrogen and oxygen atoms in total. The fraction of sp³-hybridized carbons (Fsp3) is 0.316. The molecule has 134 valence electrons. The van der Waals surface area contributed by atoms with Crippen LogP contribution in [0.4, 0.5) is 4.39 Å². The van der Waals surface area contributed by atoms with E-state index in [1.54, 1.807) is 32.4 Å². The number of nitrogens with one attached hydrogen (secondary N) is 1. The van der Waals surface area contributed by atoms with Crippen molar-refractivity contribution in [1.82, 2.24) is 10.2 Å². The highest BCUT2D eigenvalue weighted by atomic mass is 35.5. The second-order valence-corrected chi connectivity index (χ2v) is 6.12. The van der Waals surface area contributed by atoms with Crippen LogP contribution >= 0.6 is 11.6 Å². The van der Waals surface area contributed by atoms with Gasteiger partial charge in [0.25, 0.3) is 5.91 Å². The molecule has 2 aromatic rings. The van der Waals surface area contributed by atoms with Crippen molar-refractivity contribution in [1.29, 1.82) is 0 Å². The average molecular weight is 365 g/mol. The Bertz CT molecular complexity index is 707. The van der Waals surface area contributed by atoms with Gasteiger partial charge in [-0.1, -0.05) is 29.8 Å². The fourth-order valence-corrected chi connectivity index (χ4v) is 2.72. The minimum Gasteiger partial charge on any atom is -0.383 e. The predicted octanol–water partition coefficient (Wildman–Crippen LogP) is 3.49. The second-order valence-electron chi connectivity index (χ2n) is 5.72. The van der Waals surface area contributed by atoms with Crippen molar-refractivity contribution in [3.8, 4) is 0 Å². The van der Waals surface area contributed by atoms with Gasteiger partial charge in [-0.15, -0.1) is 0 Å². The van der Waals surface area contributed by atoms with Crippen LogP contribution in [0.3, 0.4) is 0 Å². The molecule has 0 radical (unpaired) electrons. The van der Waals surface area contributed by atoms with Gasteiger partial charge in [-0.2, -0.15) is 0 Å². The minimum atomic E-state index is -0.345. The third-order valence-electron chi connectivity index (χ3n) is 3.87. The molecule has 2 aromatic carbocycles.